The fraction of sp³-hybridized carbons (Fsp3) is 0.699. The number of aryl methyl sites for hydroxylation is 1. The Hall–Kier alpha value is -6.66. The topological polar surface area (TPSA) is 345 Å². The van der Waals surface area contributed by atoms with Crippen LogP contribution in [0.15, 0.2) is 72.4 Å². The van der Waals surface area contributed by atoms with Crippen LogP contribution in [0.4, 0.5) is 16.7 Å². The first-order chi connectivity index (χ1) is 47.8. The normalized spacial score (nSPS) is 32.2. The number of hydrogen-bond acceptors (Lipinski definition) is 24. The third-order valence-corrected chi connectivity index (χ3v) is 20.9. The van der Waals surface area contributed by atoms with E-state index < -0.39 is 114 Å². The Balaban J connectivity index is 0.843. The molecule has 100 heavy (non-hydrogen) atoms. The number of alkyl carbamates (subject to hydrolysis) is 1. The molecular weight excluding hydrogens is 1290 g/mol. The van der Waals surface area contributed by atoms with Crippen molar-refractivity contribution >= 4 is 47.3 Å². The number of anilines is 2. The number of allylic oxidation sites excluding steroid dienone is 5. The molecule has 4 saturated heterocycles. The average Bonchev–Trinajstić information content (AvgIpc) is 0.773. The van der Waals surface area contributed by atoms with E-state index in [2.05, 4.69) is 35.1 Å². The van der Waals surface area contributed by atoms with Gasteiger partial charge in [0.1, 0.15) is 30.5 Å². The van der Waals surface area contributed by atoms with Crippen LogP contribution in [-0.2, 0) is 58.9 Å². The van der Waals surface area contributed by atoms with E-state index >= 15 is 0 Å². The van der Waals surface area contributed by atoms with Crippen molar-refractivity contribution in [3.05, 3.63) is 83.5 Å². The molecule has 7 heterocycles. The molecule has 2 aromatic rings. The number of Topliss-reactive ketones (excluding diaryl/α,β-unsaturated/α-hetero) is 2. The second kappa shape index (κ2) is 38.0. The lowest BCUT2D eigenvalue weighted by Gasteiger charge is -2.42. The van der Waals surface area contributed by atoms with Gasteiger partial charge in [0.15, 0.2) is 5.78 Å². The van der Waals surface area contributed by atoms with Crippen molar-refractivity contribution in [1.29, 1.82) is 0 Å². The number of ketones is 2. The highest BCUT2D eigenvalue weighted by atomic mass is 16.6. The maximum Gasteiger partial charge on any atom is 0.407 e. The molecule has 554 valence electrons. The van der Waals surface area contributed by atoms with Crippen molar-refractivity contribution in [2.24, 2.45) is 35.3 Å². The molecule has 8 rings (SSSR count). The third kappa shape index (κ3) is 21.9. The number of nitrogens with zero attached hydrogens (tertiary/aromatic N) is 9. The quantitative estimate of drug-likeness (QED) is 0.0573. The number of fused-ring (bicyclic) bond motifs is 3. The molecule has 5 fully saturated rings. The maximum atomic E-state index is 14.7. The zero-order valence-electron chi connectivity index (χ0n) is 60.1. The van der Waals surface area contributed by atoms with Crippen molar-refractivity contribution in [3.63, 3.8) is 0 Å². The first kappa shape index (κ1) is 79.0. The highest BCUT2D eigenvalue weighted by molar-refractivity contribution is 6.39. The van der Waals surface area contributed by atoms with Crippen LogP contribution in [0.5, 0.6) is 0 Å². The number of aliphatic hydroxyl groups is 4. The molecule has 0 spiro atoms. The number of carbonyl (C=O) groups is 6. The number of hydrogen-bond donors (Lipinski definition) is 6. The zero-order valence-corrected chi connectivity index (χ0v) is 60.1. The predicted octanol–water partition coefficient (Wildman–Crippen LogP) is 4.71. The molecule has 6 aliphatic rings. The van der Waals surface area contributed by atoms with E-state index in [0.29, 0.717) is 109 Å². The SMILES string of the molecule is CO[C@H]1C[C@@H]2CC[C@@H](C)[C@@](O)(O2)C(=O)C(=O)N2CCCC[C@H]2C(=O)OC([C@H](N)C[C@@H]2CC[C@@H](OC(=O)NCc3cnc(N4CCN(C(=O)CCOCCN5CCN(c6ncc(C)cn6)CC5)CC4)nc3)[C@H](OC)C2)C[C@@H](O)[C@H](C)/C=C(\C)[C@@H](O)[C@@H](O)C(=O)[C@H](C)C[C@H](C)/C=C/C=CC=C1C. The van der Waals surface area contributed by atoms with E-state index in [9.17, 15) is 49.2 Å². The van der Waals surface area contributed by atoms with Gasteiger partial charge in [0.05, 0.1) is 44.1 Å². The van der Waals surface area contributed by atoms with Gasteiger partial charge in [0.25, 0.3) is 11.7 Å². The molecule has 7 N–H and O–H groups in total. The van der Waals surface area contributed by atoms with Crippen LogP contribution in [0.1, 0.15) is 136 Å². The standard InChI is InChI=1S/C73H111N11O16/c1-46-15-11-10-12-16-48(3)60(95-8)39-55-20-18-52(7)73(94,100-55)67(90)68(91)84-23-14-13-17-57(84)69(92)98-61(40-58(85)49(4)36-51(6)65(88)66(89)64(87)50(5)35-46)56(74)37-53-19-21-59(62(38-53)96-9)99-72(93)79-45-54-43-77-71(78-44-54)83-30-28-81(29-31-83)63(86)22-33-97-34-32-80-24-26-82(27-25-80)70-75-41-47(2)42-76-70/h10-12,15-16,36,41-44,46,49-50,52-53,55-62,65-66,85,88-89,94H,13-14,17-35,37-40,45,74H2,1-9H3,(H,79,93)/b12-10?,15-11+,48-16?,51-36+/t46-,49-,50-,52-,53+,55+,56-,57+,58-,59-,60+,61?,62-,65-,66+,73-/m1/s1. The van der Waals surface area contributed by atoms with Crippen LogP contribution in [0, 0.1) is 36.5 Å². The Morgan fingerprint density at radius 3 is 2.10 bits per heavy atom. The summed E-state index contributed by atoms with van der Waals surface area (Å²) in [5.41, 5.74) is 9.83. The fourth-order valence-electron chi connectivity index (χ4n) is 14.4. The number of rotatable bonds is 16. The number of cyclic esters (lactones) is 1. The molecule has 3 amide bonds. The molecular formula is C73H111N11O16. The van der Waals surface area contributed by atoms with Crippen molar-refractivity contribution in [1.82, 2.24) is 40.0 Å². The second-order valence-corrected chi connectivity index (χ2v) is 28.5. The van der Waals surface area contributed by atoms with Crippen LogP contribution >= 0.6 is 0 Å². The highest BCUT2D eigenvalue weighted by Gasteiger charge is 2.53. The number of ether oxygens (including phenoxy) is 6. The first-order valence-electron chi connectivity index (χ1n) is 36.0. The van der Waals surface area contributed by atoms with E-state index in [1.807, 2.05) is 73.3 Å². The largest absolute Gasteiger partial charge is 0.459 e. The van der Waals surface area contributed by atoms with Gasteiger partial charge in [-0.1, -0.05) is 64.2 Å². The minimum atomic E-state index is -2.50. The van der Waals surface area contributed by atoms with Crippen LogP contribution < -0.4 is 20.9 Å². The van der Waals surface area contributed by atoms with Crippen molar-refractivity contribution < 1.29 is 77.6 Å². The molecule has 0 aromatic carbocycles. The molecule has 5 aliphatic heterocycles. The van der Waals surface area contributed by atoms with Gasteiger partial charge in [-0.05, 0) is 114 Å². The summed E-state index contributed by atoms with van der Waals surface area (Å²) in [7, 11) is 3.09. The molecule has 1 aliphatic carbocycles. The van der Waals surface area contributed by atoms with Gasteiger partial charge in [0, 0.05) is 153 Å². The zero-order chi connectivity index (χ0) is 72.2. The van der Waals surface area contributed by atoms with E-state index in [4.69, 9.17) is 34.2 Å². The van der Waals surface area contributed by atoms with E-state index in [1.54, 1.807) is 53.3 Å². The predicted molar refractivity (Wildman–Crippen MR) is 373 cm³/mol. The minimum Gasteiger partial charge on any atom is -0.459 e. The minimum absolute atomic E-state index is 0.0189. The number of carbonyl (C=O) groups excluding carboxylic acids is 6. The van der Waals surface area contributed by atoms with Gasteiger partial charge in [-0.2, -0.15) is 0 Å². The van der Waals surface area contributed by atoms with Crippen LogP contribution in [-0.4, -0.2) is 250 Å². The average molecular weight is 1400 g/mol. The molecule has 1 unspecified atom stereocenters. The smallest absolute Gasteiger partial charge is 0.407 e. The third-order valence-electron chi connectivity index (χ3n) is 20.9. The lowest BCUT2D eigenvalue weighted by molar-refractivity contribution is -0.265. The van der Waals surface area contributed by atoms with E-state index in [-0.39, 0.29) is 62.1 Å². The number of esters is 1. The molecule has 1 saturated carbocycles. The number of nitrogens with two attached hydrogens (primary N) is 1. The summed E-state index contributed by atoms with van der Waals surface area (Å²) in [5, 5.41) is 49.4. The molecule has 2 aromatic heterocycles. The lowest BCUT2D eigenvalue weighted by atomic mass is 9.80. The van der Waals surface area contributed by atoms with Crippen LogP contribution in [0.3, 0.4) is 0 Å². The van der Waals surface area contributed by atoms with Crippen LogP contribution in [0.25, 0.3) is 0 Å². The monoisotopic (exact) mass is 1400 g/mol. The Bertz CT molecular complexity index is 3120. The fourth-order valence-corrected chi connectivity index (χ4v) is 14.4. The summed E-state index contributed by atoms with van der Waals surface area (Å²) in [6.07, 6.45) is 13.5. The van der Waals surface area contributed by atoms with E-state index in [1.165, 1.54) is 7.11 Å². The highest BCUT2D eigenvalue weighted by Crippen LogP contribution is 2.38. The van der Waals surface area contributed by atoms with Crippen LogP contribution in [0.2, 0.25) is 0 Å². The van der Waals surface area contributed by atoms with Crippen molar-refractivity contribution in [2.75, 3.05) is 103 Å². The van der Waals surface area contributed by atoms with Gasteiger partial charge in [-0.25, -0.2) is 29.5 Å². The molecule has 27 heteroatoms. The lowest BCUT2D eigenvalue weighted by Crippen LogP contribution is -2.61. The summed E-state index contributed by atoms with van der Waals surface area (Å²) in [6, 6.07) is -2.15. The molecule has 16 atom stereocenters. The van der Waals surface area contributed by atoms with Crippen molar-refractivity contribution in [2.45, 2.75) is 205 Å². The number of piperidine rings is 1. The number of amides is 3. The number of aliphatic hydroxyl groups excluding tert-OH is 3. The van der Waals surface area contributed by atoms with Gasteiger partial charge in [-0.3, -0.25) is 24.1 Å². The summed E-state index contributed by atoms with van der Waals surface area (Å²) >= 11 is 0. The summed E-state index contributed by atoms with van der Waals surface area (Å²) in [4.78, 5) is 111. The van der Waals surface area contributed by atoms with Gasteiger partial charge >= 0.3 is 12.1 Å². The number of aromatic nitrogens is 4. The Kier molecular flexibility index (Phi) is 30.1. The number of methoxy groups -OCH3 is 2. The van der Waals surface area contributed by atoms with E-state index in [0.717, 1.165) is 54.7 Å². The maximum absolute atomic E-state index is 14.7. The number of nitrogens with one attached hydrogen (secondary N) is 1. The first-order valence-corrected chi connectivity index (χ1v) is 36.0. The summed E-state index contributed by atoms with van der Waals surface area (Å²) < 4.78 is 36.1. The Labute approximate surface area is 589 Å². The van der Waals surface area contributed by atoms with Gasteiger partial charge in [0.2, 0.25) is 23.6 Å². The summed E-state index contributed by atoms with van der Waals surface area (Å²) in [5.74, 6) is -7.14. The molecule has 2 bridgehead atoms. The second-order valence-electron chi connectivity index (χ2n) is 28.5. The Morgan fingerprint density at radius 2 is 1.42 bits per heavy atom. The Morgan fingerprint density at radius 1 is 0.740 bits per heavy atom. The van der Waals surface area contributed by atoms with Gasteiger partial charge in [-0.15, -0.1) is 0 Å². The van der Waals surface area contributed by atoms with Crippen molar-refractivity contribution in [3.8, 4) is 0 Å². The molecule has 0 radical (unpaired) electrons. The molecule has 27 nitrogen and oxygen atoms in total. The van der Waals surface area contributed by atoms with Gasteiger partial charge < -0.3 is 79.5 Å². The number of piperazine rings is 2. The summed E-state index contributed by atoms with van der Waals surface area (Å²) in [6.45, 7) is 19.9.